The van der Waals surface area contributed by atoms with Crippen molar-refractivity contribution in [2.75, 3.05) is 0 Å². The quantitative estimate of drug-likeness (QED) is 0.754. The van der Waals surface area contributed by atoms with Crippen LogP contribution in [-0.2, 0) is 0 Å². The monoisotopic (exact) mass is 316 g/mol. The van der Waals surface area contributed by atoms with E-state index in [9.17, 15) is 13.6 Å². The van der Waals surface area contributed by atoms with Gasteiger partial charge < -0.3 is 0 Å². The van der Waals surface area contributed by atoms with Crippen molar-refractivity contribution < 1.29 is 13.6 Å². The van der Waals surface area contributed by atoms with E-state index in [-0.39, 0.29) is 11.1 Å². The largest absolute Gasteiger partial charge is 0.288 e. The molecule has 1 nitrogen and oxygen atoms in total. The summed E-state index contributed by atoms with van der Waals surface area (Å²) in [6.07, 6.45) is 0. The molecule has 0 atom stereocenters. The number of ketones is 1. The lowest BCUT2D eigenvalue weighted by Crippen LogP contribution is -2.05. The van der Waals surface area contributed by atoms with Crippen molar-refractivity contribution in [1.82, 2.24) is 0 Å². The van der Waals surface area contributed by atoms with Crippen molar-refractivity contribution in [2.24, 2.45) is 0 Å². The molecule has 0 aliphatic heterocycles. The van der Waals surface area contributed by atoms with Gasteiger partial charge in [0.25, 0.3) is 0 Å². The van der Waals surface area contributed by atoms with Crippen molar-refractivity contribution >= 4 is 33.0 Å². The average Bonchev–Trinajstić information content (AvgIpc) is 2.69. The Morgan fingerprint density at radius 3 is 2.47 bits per heavy atom. The van der Waals surface area contributed by atoms with Crippen LogP contribution < -0.4 is 0 Å². The molecule has 0 saturated heterocycles. The van der Waals surface area contributed by atoms with Crippen LogP contribution in [0.25, 0.3) is 0 Å². The Bertz CT molecular complexity index is 592. The molecule has 1 heterocycles. The van der Waals surface area contributed by atoms with Gasteiger partial charge in [0.2, 0.25) is 0 Å². The third-order valence-electron chi connectivity index (χ3n) is 2.35. The lowest BCUT2D eigenvalue weighted by molar-refractivity contribution is 0.103. The number of aryl methyl sites for hydroxylation is 1. The lowest BCUT2D eigenvalue weighted by Gasteiger charge is -2.04. The van der Waals surface area contributed by atoms with Gasteiger partial charge in [-0.2, -0.15) is 11.3 Å². The van der Waals surface area contributed by atoms with E-state index in [1.54, 1.807) is 10.8 Å². The van der Waals surface area contributed by atoms with Crippen molar-refractivity contribution in [3.05, 3.63) is 55.7 Å². The summed E-state index contributed by atoms with van der Waals surface area (Å²) in [4.78, 5) is 12.0. The van der Waals surface area contributed by atoms with Crippen LogP contribution in [0.4, 0.5) is 8.78 Å². The molecule has 5 heteroatoms. The number of thiophene rings is 1. The van der Waals surface area contributed by atoms with Gasteiger partial charge in [0.15, 0.2) is 5.78 Å². The van der Waals surface area contributed by atoms with Crippen LogP contribution in [0.3, 0.4) is 0 Å². The number of hydrogen-bond donors (Lipinski definition) is 0. The molecule has 0 radical (unpaired) electrons. The second-order valence-corrected chi connectivity index (χ2v) is 5.14. The van der Waals surface area contributed by atoms with E-state index in [0.717, 1.165) is 6.07 Å². The highest BCUT2D eigenvalue weighted by atomic mass is 79.9. The number of carbonyl (C=O) groups is 1. The summed E-state index contributed by atoms with van der Waals surface area (Å²) in [6, 6.07) is 1.97. The Labute approximate surface area is 109 Å². The van der Waals surface area contributed by atoms with Crippen LogP contribution in [0, 0.1) is 18.6 Å². The van der Waals surface area contributed by atoms with Gasteiger partial charge >= 0.3 is 0 Å². The first-order chi connectivity index (χ1) is 8.00. The van der Waals surface area contributed by atoms with Gasteiger partial charge in [0, 0.05) is 26.9 Å². The van der Waals surface area contributed by atoms with Crippen molar-refractivity contribution in [3.8, 4) is 0 Å². The smallest absolute Gasteiger partial charge is 0.197 e. The first-order valence-corrected chi connectivity index (χ1v) is 6.46. The van der Waals surface area contributed by atoms with Crippen LogP contribution in [0.1, 0.15) is 21.5 Å². The Morgan fingerprint density at radius 1 is 1.18 bits per heavy atom. The lowest BCUT2D eigenvalue weighted by atomic mass is 10.0. The Morgan fingerprint density at radius 2 is 1.88 bits per heavy atom. The summed E-state index contributed by atoms with van der Waals surface area (Å²) in [5.41, 5.74) is 0.531. The fraction of sp³-hybridized carbons (Fsp3) is 0.0833. The van der Waals surface area contributed by atoms with Gasteiger partial charge in [-0.15, -0.1) is 0 Å². The molecule has 0 aliphatic carbocycles. The minimum Gasteiger partial charge on any atom is -0.288 e. The molecule has 0 saturated carbocycles. The minimum atomic E-state index is -0.837. The molecule has 0 amide bonds. The van der Waals surface area contributed by atoms with Gasteiger partial charge in [0.05, 0.1) is 5.56 Å². The summed E-state index contributed by atoms with van der Waals surface area (Å²) in [5.74, 6) is -1.93. The Hall–Kier alpha value is -1.07. The predicted octanol–water partition coefficient (Wildman–Crippen LogP) is 4.33. The van der Waals surface area contributed by atoms with Gasteiger partial charge in [-0.05, 0) is 34.5 Å². The fourth-order valence-electron chi connectivity index (χ4n) is 1.42. The van der Waals surface area contributed by atoms with Crippen LogP contribution in [0.5, 0.6) is 0 Å². The Kier molecular flexibility index (Phi) is 3.40. The maximum atomic E-state index is 13.5. The first kappa shape index (κ1) is 12.4. The van der Waals surface area contributed by atoms with E-state index in [1.165, 1.54) is 24.3 Å². The van der Waals surface area contributed by atoms with Crippen molar-refractivity contribution in [1.29, 1.82) is 0 Å². The van der Waals surface area contributed by atoms with Gasteiger partial charge in [-0.1, -0.05) is 0 Å². The molecule has 0 unspecified atom stereocenters. The standard InChI is InChI=1S/C12H7BrF2OS/c1-6-2-7(11(15)3-10(6)14)12(16)8-4-17-5-9(8)13/h2-5H,1H3. The van der Waals surface area contributed by atoms with Gasteiger partial charge in [0.1, 0.15) is 11.6 Å². The zero-order valence-corrected chi connectivity index (χ0v) is 11.2. The molecule has 88 valence electrons. The molecule has 0 N–H and O–H groups in total. The number of hydrogen-bond acceptors (Lipinski definition) is 2. The molecule has 0 bridgehead atoms. The molecule has 17 heavy (non-hydrogen) atoms. The maximum absolute atomic E-state index is 13.5. The van der Waals surface area contributed by atoms with Crippen LogP contribution >= 0.6 is 27.3 Å². The van der Waals surface area contributed by atoms with E-state index >= 15 is 0 Å². The number of halogens is 3. The fourth-order valence-corrected chi connectivity index (χ4v) is 2.87. The van der Waals surface area contributed by atoms with E-state index < -0.39 is 17.4 Å². The summed E-state index contributed by atoms with van der Waals surface area (Å²) in [6.45, 7) is 1.49. The minimum absolute atomic E-state index is 0.108. The molecule has 2 aromatic rings. The second kappa shape index (κ2) is 4.66. The molecule has 0 fully saturated rings. The summed E-state index contributed by atoms with van der Waals surface area (Å²) < 4.78 is 27.2. The molecule has 0 aliphatic rings. The SMILES string of the molecule is Cc1cc(C(=O)c2cscc2Br)c(F)cc1F. The third-order valence-corrected chi connectivity index (χ3v) is 4.05. The normalized spacial score (nSPS) is 10.6. The number of benzene rings is 1. The maximum Gasteiger partial charge on any atom is 0.197 e. The van der Waals surface area contributed by atoms with Gasteiger partial charge in [-0.25, -0.2) is 8.78 Å². The number of rotatable bonds is 2. The van der Waals surface area contributed by atoms with Crippen LogP contribution in [0.15, 0.2) is 27.4 Å². The highest BCUT2D eigenvalue weighted by Gasteiger charge is 2.18. The Balaban J connectivity index is 2.52. The topological polar surface area (TPSA) is 17.1 Å². The molecule has 0 spiro atoms. The zero-order chi connectivity index (χ0) is 12.6. The van der Waals surface area contributed by atoms with E-state index in [0.29, 0.717) is 10.0 Å². The summed E-state index contributed by atoms with van der Waals surface area (Å²) in [5, 5.41) is 3.37. The van der Waals surface area contributed by atoms with Crippen molar-refractivity contribution in [3.63, 3.8) is 0 Å². The summed E-state index contributed by atoms with van der Waals surface area (Å²) in [7, 11) is 0. The predicted molar refractivity (Wildman–Crippen MR) is 66.5 cm³/mol. The van der Waals surface area contributed by atoms with Gasteiger partial charge in [-0.3, -0.25) is 4.79 Å². The highest BCUT2D eigenvalue weighted by molar-refractivity contribution is 9.10. The van der Waals surface area contributed by atoms with E-state index in [4.69, 9.17) is 0 Å². The summed E-state index contributed by atoms with van der Waals surface area (Å²) >= 11 is 4.55. The first-order valence-electron chi connectivity index (χ1n) is 4.72. The van der Waals surface area contributed by atoms with E-state index in [2.05, 4.69) is 15.9 Å². The molecule has 1 aromatic carbocycles. The third kappa shape index (κ3) is 2.30. The molecular weight excluding hydrogens is 310 g/mol. The average molecular weight is 317 g/mol. The highest BCUT2D eigenvalue weighted by Crippen LogP contribution is 2.26. The molecule has 2 rings (SSSR count). The number of carbonyl (C=O) groups excluding carboxylic acids is 1. The van der Waals surface area contributed by atoms with Crippen molar-refractivity contribution in [2.45, 2.75) is 6.92 Å². The zero-order valence-electron chi connectivity index (χ0n) is 8.76. The molecule has 1 aromatic heterocycles. The van der Waals surface area contributed by atoms with Crippen LogP contribution in [0.2, 0.25) is 0 Å². The van der Waals surface area contributed by atoms with E-state index in [1.807, 2.05) is 0 Å². The molecular formula is C12H7BrF2OS. The van der Waals surface area contributed by atoms with Crippen LogP contribution in [-0.4, -0.2) is 5.78 Å². The second-order valence-electron chi connectivity index (χ2n) is 3.54.